The fraction of sp³-hybridized carbons (Fsp3) is 0.286. The predicted octanol–water partition coefficient (Wildman–Crippen LogP) is 2.67. The summed E-state index contributed by atoms with van der Waals surface area (Å²) in [5.41, 5.74) is 2.89. The molecule has 0 aliphatic heterocycles. The Labute approximate surface area is 157 Å². The quantitative estimate of drug-likeness (QED) is 0.796. The molecular weight excluding hydrogens is 344 g/mol. The van der Waals surface area contributed by atoms with Crippen molar-refractivity contribution in [2.24, 2.45) is 0 Å². The Morgan fingerprint density at radius 1 is 1.11 bits per heavy atom. The smallest absolute Gasteiger partial charge is 0.344 e. The number of carbonyl (C=O) groups excluding carboxylic acids is 2. The molecule has 1 N–H and O–H groups in total. The number of fused-ring (bicyclic) bond motifs is 1. The summed E-state index contributed by atoms with van der Waals surface area (Å²) in [6.45, 7) is -0.639. The molecule has 27 heavy (non-hydrogen) atoms. The maximum absolute atomic E-state index is 12.1. The van der Waals surface area contributed by atoms with Crippen molar-refractivity contribution in [2.45, 2.75) is 25.3 Å². The molecule has 1 aliphatic carbocycles. The number of ether oxygens (including phenoxy) is 2. The molecule has 6 heteroatoms. The minimum Gasteiger partial charge on any atom is -0.482 e. The molecule has 0 heterocycles. The van der Waals surface area contributed by atoms with E-state index in [2.05, 4.69) is 11.4 Å². The van der Waals surface area contributed by atoms with Crippen LogP contribution in [0, 0.1) is 11.3 Å². The van der Waals surface area contributed by atoms with Gasteiger partial charge in [0.1, 0.15) is 5.75 Å². The molecule has 2 aromatic carbocycles. The van der Waals surface area contributed by atoms with Gasteiger partial charge in [-0.3, -0.25) is 4.79 Å². The molecule has 0 aromatic heterocycles. The summed E-state index contributed by atoms with van der Waals surface area (Å²) in [6.07, 6.45) is 2.91. The zero-order chi connectivity index (χ0) is 19.1. The lowest BCUT2D eigenvalue weighted by Gasteiger charge is -2.26. The third-order valence-electron chi connectivity index (χ3n) is 4.41. The highest BCUT2D eigenvalue weighted by molar-refractivity contribution is 5.81. The molecule has 0 spiro atoms. The van der Waals surface area contributed by atoms with Crippen LogP contribution in [0.1, 0.15) is 35.6 Å². The third kappa shape index (κ3) is 5.08. The molecule has 6 nitrogen and oxygen atoms in total. The van der Waals surface area contributed by atoms with Gasteiger partial charge in [0.15, 0.2) is 13.2 Å². The molecule has 2 aromatic rings. The number of hydrogen-bond donors (Lipinski definition) is 1. The maximum Gasteiger partial charge on any atom is 0.344 e. The standard InChI is InChI=1S/C21H20N2O4/c22-12-15-8-10-17(11-9-15)26-14-21(25)27-13-20(24)23-19-7-3-5-16-4-1-2-6-18(16)19/h1-2,4,6,8-11,19H,3,5,7,13-14H2,(H,23,24)/t19-/m0/s1. The Bertz CT molecular complexity index is 855. The number of nitriles is 1. The van der Waals surface area contributed by atoms with Crippen LogP contribution in [0.15, 0.2) is 48.5 Å². The van der Waals surface area contributed by atoms with Gasteiger partial charge in [0.05, 0.1) is 17.7 Å². The molecule has 1 amide bonds. The Morgan fingerprint density at radius 3 is 2.67 bits per heavy atom. The van der Waals surface area contributed by atoms with Crippen LogP contribution in [0.25, 0.3) is 0 Å². The number of rotatable bonds is 6. The molecule has 1 aliphatic rings. The predicted molar refractivity (Wildman–Crippen MR) is 97.9 cm³/mol. The van der Waals surface area contributed by atoms with Crippen molar-refractivity contribution in [3.05, 3.63) is 65.2 Å². The first-order valence-corrected chi connectivity index (χ1v) is 8.81. The molecule has 0 saturated carbocycles. The van der Waals surface area contributed by atoms with Gasteiger partial charge in [-0.25, -0.2) is 4.79 Å². The van der Waals surface area contributed by atoms with E-state index in [9.17, 15) is 9.59 Å². The summed E-state index contributed by atoms with van der Waals surface area (Å²) in [4.78, 5) is 23.9. The fourth-order valence-electron chi connectivity index (χ4n) is 3.10. The van der Waals surface area contributed by atoms with Gasteiger partial charge in [-0.05, 0) is 54.7 Å². The lowest BCUT2D eigenvalue weighted by molar-refractivity contribution is -0.150. The molecule has 3 rings (SSSR count). The molecule has 138 valence electrons. The van der Waals surface area contributed by atoms with E-state index >= 15 is 0 Å². The zero-order valence-corrected chi connectivity index (χ0v) is 14.8. The summed E-state index contributed by atoms with van der Waals surface area (Å²) in [7, 11) is 0. The average molecular weight is 364 g/mol. The van der Waals surface area contributed by atoms with E-state index in [4.69, 9.17) is 14.7 Å². The van der Waals surface area contributed by atoms with Gasteiger partial charge in [0, 0.05) is 0 Å². The number of nitrogens with zero attached hydrogens (tertiary/aromatic N) is 1. The Morgan fingerprint density at radius 2 is 1.89 bits per heavy atom. The van der Waals surface area contributed by atoms with Gasteiger partial charge in [-0.1, -0.05) is 24.3 Å². The minimum absolute atomic E-state index is 0.0453. The molecule has 0 fully saturated rings. The Balaban J connectivity index is 1.42. The van der Waals surface area contributed by atoms with E-state index in [-0.39, 0.29) is 25.2 Å². The normalized spacial score (nSPS) is 15.1. The van der Waals surface area contributed by atoms with E-state index in [0.29, 0.717) is 11.3 Å². The number of amides is 1. The molecule has 0 bridgehead atoms. The highest BCUT2D eigenvalue weighted by Crippen LogP contribution is 2.29. The lowest BCUT2D eigenvalue weighted by atomic mass is 9.88. The minimum atomic E-state index is -0.626. The largest absolute Gasteiger partial charge is 0.482 e. The van der Waals surface area contributed by atoms with E-state index in [1.165, 1.54) is 5.56 Å². The van der Waals surface area contributed by atoms with Crippen molar-refractivity contribution in [3.8, 4) is 11.8 Å². The monoisotopic (exact) mass is 364 g/mol. The summed E-state index contributed by atoms with van der Waals surface area (Å²) < 4.78 is 10.3. The van der Waals surface area contributed by atoms with Crippen molar-refractivity contribution in [2.75, 3.05) is 13.2 Å². The molecule has 1 atom stereocenters. The maximum atomic E-state index is 12.1. The summed E-state index contributed by atoms with van der Waals surface area (Å²) in [5, 5.41) is 11.7. The van der Waals surface area contributed by atoms with Gasteiger partial charge >= 0.3 is 5.97 Å². The number of hydrogen-bond acceptors (Lipinski definition) is 5. The second-order valence-electron chi connectivity index (χ2n) is 6.30. The van der Waals surface area contributed by atoms with Crippen LogP contribution in [0.2, 0.25) is 0 Å². The lowest BCUT2D eigenvalue weighted by Crippen LogP contribution is -2.34. The second kappa shape index (κ2) is 8.86. The molecule has 0 saturated heterocycles. The van der Waals surface area contributed by atoms with Gasteiger partial charge in [-0.2, -0.15) is 5.26 Å². The van der Waals surface area contributed by atoms with Crippen LogP contribution >= 0.6 is 0 Å². The molecular formula is C21H20N2O4. The molecule has 0 radical (unpaired) electrons. The van der Waals surface area contributed by atoms with Gasteiger partial charge < -0.3 is 14.8 Å². The van der Waals surface area contributed by atoms with Crippen molar-refractivity contribution >= 4 is 11.9 Å². The summed E-state index contributed by atoms with van der Waals surface area (Å²) in [5.74, 6) is -0.504. The van der Waals surface area contributed by atoms with E-state index < -0.39 is 5.97 Å². The van der Waals surface area contributed by atoms with Gasteiger partial charge in [0.25, 0.3) is 5.91 Å². The van der Waals surface area contributed by atoms with Crippen LogP contribution < -0.4 is 10.1 Å². The highest BCUT2D eigenvalue weighted by atomic mass is 16.6. The number of carbonyl (C=O) groups is 2. The number of nitrogens with one attached hydrogen (secondary N) is 1. The van der Waals surface area contributed by atoms with Crippen molar-refractivity contribution < 1.29 is 19.1 Å². The average Bonchev–Trinajstić information content (AvgIpc) is 2.71. The van der Waals surface area contributed by atoms with Gasteiger partial charge in [0.2, 0.25) is 0 Å². The number of esters is 1. The Hall–Kier alpha value is -3.33. The second-order valence-corrected chi connectivity index (χ2v) is 6.30. The van der Waals surface area contributed by atoms with Crippen molar-refractivity contribution in [1.29, 1.82) is 5.26 Å². The van der Waals surface area contributed by atoms with Crippen molar-refractivity contribution in [1.82, 2.24) is 5.32 Å². The summed E-state index contributed by atoms with van der Waals surface area (Å²) >= 11 is 0. The SMILES string of the molecule is N#Cc1ccc(OCC(=O)OCC(=O)N[C@H]2CCCc3ccccc32)cc1. The Kier molecular flexibility index (Phi) is 6.06. The highest BCUT2D eigenvalue weighted by Gasteiger charge is 2.21. The number of benzene rings is 2. The fourth-order valence-corrected chi connectivity index (χ4v) is 3.10. The van der Waals surface area contributed by atoms with Crippen LogP contribution in [0.3, 0.4) is 0 Å². The van der Waals surface area contributed by atoms with Crippen molar-refractivity contribution in [3.63, 3.8) is 0 Å². The number of aryl methyl sites for hydroxylation is 1. The topological polar surface area (TPSA) is 88.4 Å². The van der Waals surface area contributed by atoms with E-state index in [0.717, 1.165) is 24.8 Å². The van der Waals surface area contributed by atoms with Gasteiger partial charge in [-0.15, -0.1) is 0 Å². The van der Waals surface area contributed by atoms with Crippen LogP contribution in [0.4, 0.5) is 0 Å². The molecule has 0 unspecified atom stereocenters. The first kappa shape index (κ1) is 18.5. The third-order valence-corrected chi connectivity index (χ3v) is 4.41. The first-order chi connectivity index (χ1) is 13.2. The summed E-state index contributed by atoms with van der Waals surface area (Å²) in [6, 6.07) is 16.4. The van der Waals surface area contributed by atoms with Crippen LogP contribution in [-0.4, -0.2) is 25.1 Å². The van der Waals surface area contributed by atoms with E-state index in [1.807, 2.05) is 24.3 Å². The van der Waals surface area contributed by atoms with Crippen LogP contribution in [-0.2, 0) is 20.7 Å². The zero-order valence-electron chi connectivity index (χ0n) is 14.8. The first-order valence-electron chi connectivity index (χ1n) is 8.81. The van der Waals surface area contributed by atoms with Crippen LogP contribution in [0.5, 0.6) is 5.75 Å². The van der Waals surface area contributed by atoms with E-state index in [1.54, 1.807) is 24.3 Å².